The van der Waals surface area contributed by atoms with E-state index in [-0.39, 0.29) is 18.4 Å². The van der Waals surface area contributed by atoms with Gasteiger partial charge in [-0.3, -0.25) is 9.59 Å². The molecule has 17 heavy (non-hydrogen) atoms. The van der Waals surface area contributed by atoms with E-state index < -0.39 is 11.9 Å². The highest BCUT2D eigenvalue weighted by Crippen LogP contribution is 2.48. The molecular weight excluding hydrogens is 218 g/mol. The van der Waals surface area contributed by atoms with Gasteiger partial charge in [0.1, 0.15) is 0 Å². The Morgan fingerprint density at radius 2 is 2.12 bits per heavy atom. The number of nitrogens with one attached hydrogen (secondary N) is 1. The summed E-state index contributed by atoms with van der Waals surface area (Å²) >= 11 is 0. The van der Waals surface area contributed by atoms with Crippen LogP contribution in [0.2, 0.25) is 0 Å². The quantitative estimate of drug-likeness (QED) is 0.766. The molecule has 1 amide bonds. The first-order chi connectivity index (χ1) is 8.11. The van der Waals surface area contributed by atoms with Crippen molar-refractivity contribution in [3.8, 4) is 0 Å². The highest BCUT2D eigenvalue weighted by molar-refractivity contribution is 5.80. The molecule has 4 nitrogen and oxygen atoms in total. The molecule has 2 aliphatic carbocycles. The molecule has 0 heterocycles. The molecule has 0 aromatic carbocycles. The molecule has 2 saturated carbocycles. The van der Waals surface area contributed by atoms with E-state index in [1.54, 1.807) is 0 Å². The molecule has 0 radical (unpaired) electrons. The molecule has 2 rings (SSSR count). The lowest BCUT2D eigenvalue weighted by Gasteiger charge is -2.21. The van der Waals surface area contributed by atoms with Crippen LogP contribution in [0.25, 0.3) is 0 Å². The van der Waals surface area contributed by atoms with Crippen molar-refractivity contribution in [2.45, 2.75) is 39.0 Å². The minimum absolute atomic E-state index is 0.0805. The number of carbonyl (C=O) groups is 2. The van der Waals surface area contributed by atoms with Gasteiger partial charge in [0.15, 0.2) is 0 Å². The molecule has 2 N–H and O–H groups in total. The van der Waals surface area contributed by atoms with Gasteiger partial charge in [0.25, 0.3) is 0 Å². The van der Waals surface area contributed by atoms with Crippen LogP contribution in [-0.2, 0) is 9.59 Å². The molecule has 0 aromatic heterocycles. The first kappa shape index (κ1) is 12.4. The van der Waals surface area contributed by atoms with Crippen LogP contribution >= 0.6 is 0 Å². The van der Waals surface area contributed by atoms with E-state index in [9.17, 15) is 9.59 Å². The molecule has 2 aliphatic rings. The van der Waals surface area contributed by atoms with Crippen LogP contribution in [0.4, 0.5) is 0 Å². The minimum atomic E-state index is -0.819. The van der Waals surface area contributed by atoms with Crippen molar-refractivity contribution in [3.63, 3.8) is 0 Å². The number of carbonyl (C=O) groups excluding carboxylic acids is 1. The number of amides is 1. The molecule has 4 unspecified atom stereocenters. The molecule has 2 fully saturated rings. The van der Waals surface area contributed by atoms with E-state index in [0.29, 0.717) is 12.3 Å². The van der Waals surface area contributed by atoms with E-state index in [2.05, 4.69) is 5.32 Å². The van der Waals surface area contributed by atoms with Crippen molar-refractivity contribution < 1.29 is 14.7 Å². The SMILES string of the molecule is CCC(CNC(=O)C1CC2CCC1C2)C(=O)O. The van der Waals surface area contributed by atoms with E-state index in [0.717, 1.165) is 12.3 Å². The van der Waals surface area contributed by atoms with Gasteiger partial charge in [0.2, 0.25) is 5.91 Å². The number of hydrogen-bond acceptors (Lipinski definition) is 2. The van der Waals surface area contributed by atoms with Crippen molar-refractivity contribution in [1.82, 2.24) is 5.32 Å². The Bertz CT molecular complexity index is 316. The summed E-state index contributed by atoms with van der Waals surface area (Å²) in [5.74, 6) is 0.275. The molecule has 4 atom stereocenters. The highest BCUT2D eigenvalue weighted by atomic mass is 16.4. The first-order valence-electron chi connectivity index (χ1n) is 6.62. The highest BCUT2D eigenvalue weighted by Gasteiger charge is 2.43. The maximum absolute atomic E-state index is 12.0. The van der Waals surface area contributed by atoms with E-state index in [1.807, 2.05) is 6.92 Å². The Morgan fingerprint density at radius 1 is 1.35 bits per heavy atom. The maximum atomic E-state index is 12.0. The lowest BCUT2D eigenvalue weighted by molar-refractivity contribution is -0.141. The van der Waals surface area contributed by atoms with Crippen LogP contribution in [0.5, 0.6) is 0 Å². The van der Waals surface area contributed by atoms with Gasteiger partial charge in [-0.05, 0) is 37.5 Å². The van der Waals surface area contributed by atoms with Gasteiger partial charge in [0, 0.05) is 12.5 Å². The van der Waals surface area contributed by atoms with Gasteiger partial charge >= 0.3 is 5.97 Å². The predicted octanol–water partition coefficient (Wildman–Crippen LogP) is 1.65. The molecule has 0 spiro atoms. The van der Waals surface area contributed by atoms with Crippen molar-refractivity contribution in [2.24, 2.45) is 23.7 Å². The third-order valence-corrected chi connectivity index (χ3v) is 4.44. The Balaban J connectivity index is 1.79. The zero-order valence-corrected chi connectivity index (χ0v) is 10.3. The molecule has 0 saturated heterocycles. The zero-order valence-electron chi connectivity index (χ0n) is 10.3. The normalized spacial score (nSPS) is 32.4. The van der Waals surface area contributed by atoms with E-state index >= 15 is 0 Å². The van der Waals surface area contributed by atoms with Crippen molar-refractivity contribution >= 4 is 11.9 Å². The second-order valence-electron chi connectivity index (χ2n) is 5.47. The van der Waals surface area contributed by atoms with Crippen LogP contribution in [0.15, 0.2) is 0 Å². The molecular formula is C13H21NO3. The topological polar surface area (TPSA) is 66.4 Å². The third-order valence-electron chi connectivity index (χ3n) is 4.44. The number of hydrogen-bond donors (Lipinski definition) is 2. The summed E-state index contributed by atoms with van der Waals surface area (Å²) in [6.07, 6.45) is 5.24. The molecule has 2 bridgehead atoms. The molecule has 96 valence electrons. The van der Waals surface area contributed by atoms with Gasteiger partial charge in [-0.15, -0.1) is 0 Å². The summed E-state index contributed by atoms with van der Waals surface area (Å²) in [5.41, 5.74) is 0. The fourth-order valence-electron chi connectivity index (χ4n) is 3.33. The maximum Gasteiger partial charge on any atom is 0.308 e. The summed E-state index contributed by atoms with van der Waals surface area (Å²) in [5, 5.41) is 11.7. The first-order valence-corrected chi connectivity index (χ1v) is 6.62. The lowest BCUT2D eigenvalue weighted by Crippen LogP contribution is -2.38. The van der Waals surface area contributed by atoms with Crippen LogP contribution < -0.4 is 5.32 Å². The van der Waals surface area contributed by atoms with Gasteiger partial charge in [-0.25, -0.2) is 0 Å². The van der Waals surface area contributed by atoms with Gasteiger partial charge in [-0.1, -0.05) is 13.3 Å². The summed E-state index contributed by atoms with van der Waals surface area (Å²) in [6.45, 7) is 2.11. The van der Waals surface area contributed by atoms with E-state index in [1.165, 1.54) is 19.3 Å². The van der Waals surface area contributed by atoms with Crippen molar-refractivity contribution in [1.29, 1.82) is 0 Å². The molecule has 0 aliphatic heterocycles. The monoisotopic (exact) mass is 239 g/mol. The number of fused-ring (bicyclic) bond motifs is 2. The summed E-state index contributed by atoms with van der Waals surface area (Å²) in [6, 6.07) is 0. The largest absolute Gasteiger partial charge is 0.481 e. The fraction of sp³-hybridized carbons (Fsp3) is 0.846. The number of carboxylic acid groups (broad SMARTS) is 1. The lowest BCUT2D eigenvalue weighted by atomic mass is 9.88. The van der Waals surface area contributed by atoms with Crippen molar-refractivity contribution in [3.05, 3.63) is 0 Å². The van der Waals surface area contributed by atoms with Crippen LogP contribution in [-0.4, -0.2) is 23.5 Å². The Hall–Kier alpha value is -1.06. The second kappa shape index (κ2) is 5.07. The minimum Gasteiger partial charge on any atom is -0.481 e. The summed E-state index contributed by atoms with van der Waals surface area (Å²) in [4.78, 5) is 22.8. The van der Waals surface area contributed by atoms with Gasteiger partial charge in [-0.2, -0.15) is 0 Å². The Labute approximate surface area is 102 Å². The summed E-state index contributed by atoms with van der Waals surface area (Å²) < 4.78 is 0. The predicted molar refractivity (Wildman–Crippen MR) is 63.4 cm³/mol. The number of aliphatic carboxylic acids is 1. The van der Waals surface area contributed by atoms with E-state index in [4.69, 9.17) is 5.11 Å². The van der Waals surface area contributed by atoms with Gasteiger partial charge in [0.05, 0.1) is 5.92 Å². The summed E-state index contributed by atoms with van der Waals surface area (Å²) in [7, 11) is 0. The van der Waals surface area contributed by atoms with Gasteiger partial charge < -0.3 is 10.4 Å². The third kappa shape index (κ3) is 2.61. The second-order valence-corrected chi connectivity index (χ2v) is 5.47. The zero-order chi connectivity index (χ0) is 12.4. The number of rotatable bonds is 5. The standard InChI is InChI=1S/C13H21NO3/c1-2-9(13(16)17)7-14-12(15)11-6-8-3-4-10(11)5-8/h8-11H,2-7H2,1H3,(H,14,15)(H,16,17). The Kier molecular flexibility index (Phi) is 3.69. The van der Waals surface area contributed by atoms with Crippen LogP contribution in [0.3, 0.4) is 0 Å². The average molecular weight is 239 g/mol. The Morgan fingerprint density at radius 3 is 2.59 bits per heavy atom. The van der Waals surface area contributed by atoms with Crippen LogP contribution in [0.1, 0.15) is 39.0 Å². The average Bonchev–Trinajstić information content (AvgIpc) is 2.90. The van der Waals surface area contributed by atoms with Crippen molar-refractivity contribution in [2.75, 3.05) is 6.54 Å². The molecule has 4 heteroatoms. The molecule has 0 aromatic rings. The fourth-order valence-corrected chi connectivity index (χ4v) is 3.33. The van der Waals surface area contributed by atoms with Crippen LogP contribution in [0, 0.1) is 23.7 Å². The number of carboxylic acids is 1. The smallest absolute Gasteiger partial charge is 0.308 e.